The van der Waals surface area contributed by atoms with Crippen LogP contribution in [0.2, 0.25) is 0 Å². The van der Waals surface area contributed by atoms with Gasteiger partial charge in [0, 0.05) is 17.5 Å². The van der Waals surface area contributed by atoms with Gasteiger partial charge < -0.3 is 5.32 Å². The number of nitrogens with zero attached hydrogens (tertiary/aromatic N) is 1. The van der Waals surface area contributed by atoms with E-state index in [0.29, 0.717) is 12.6 Å². The fourth-order valence-electron chi connectivity index (χ4n) is 2.67. The molecule has 0 spiro atoms. The fraction of sp³-hybridized carbons (Fsp3) is 0.545. The quantitative estimate of drug-likeness (QED) is 0.714. The molecule has 2 atom stereocenters. The molecular formula is C11H14N2OS. The lowest BCUT2D eigenvalue weighted by Crippen LogP contribution is -2.56. The van der Waals surface area contributed by atoms with Crippen LogP contribution in [0.25, 0.3) is 0 Å². The smallest absolute Gasteiger partial charge is 0.234 e. The largest absolute Gasteiger partial charge is 0.351 e. The molecule has 3 rings (SSSR count). The molecule has 2 unspecified atom stereocenters. The molecule has 1 aromatic heterocycles. The molecule has 4 heteroatoms. The Labute approximate surface area is 93.1 Å². The highest BCUT2D eigenvalue weighted by atomic mass is 32.1. The second kappa shape index (κ2) is 3.32. The third-order valence-corrected chi connectivity index (χ3v) is 4.35. The Hall–Kier alpha value is -0.870. The predicted octanol–water partition coefficient (Wildman–Crippen LogP) is 1.17. The van der Waals surface area contributed by atoms with Gasteiger partial charge in [0.05, 0.1) is 12.6 Å². The highest BCUT2D eigenvalue weighted by Crippen LogP contribution is 2.37. The van der Waals surface area contributed by atoms with Gasteiger partial charge in [-0.1, -0.05) is 0 Å². The van der Waals surface area contributed by atoms with E-state index in [4.69, 9.17) is 0 Å². The number of carbonyl (C=O) groups is 1. The standard InChI is InChI=1S/C11H14N2OS/c1-7-10-11-8(3-5-15-11)2-4-13(10)6-9(14)12-7/h3,5,7,10H,2,4,6H2,1H3,(H,12,14). The molecule has 2 aliphatic heterocycles. The Bertz CT molecular complexity index is 401. The number of amides is 1. The summed E-state index contributed by atoms with van der Waals surface area (Å²) in [7, 11) is 0. The van der Waals surface area contributed by atoms with Crippen LogP contribution in [0, 0.1) is 0 Å². The van der Waals surface area contributed by atoms with Crippen LogP contribution < -0.4 is 5.32 Å². The highest BCUT2D eigenvalue weighted by molar-refractivity contribution is 7.10. The van der Waals surface area contributed by atoms with Gasteiger partial charge in [-0.25, -0.2) is 0 Å². The topological polar surface area (TPSA) is 32.3 Å². The van der Waals surface area contributed by atoms with E-state index >= 15 is 0 Å². The van der Waals surface area contributed by atoms with Crippen molar-refractivity contribution in [1.29, 1.82) is 0 Å². The first-order valence-electron chi connectivity index (χ1n) is 5.35. The maximum Gasteiger partial charge on any atom is 0.234 e. The van der Waals surface area contributed by atoms with Crippen molar-refractivity contribution in [2.45, 2.75) is 25.4 Å². The van der Waals surface area contributed by atoms with Gasteiger partial charge in [-0.2, -0.15) is 0 Å². The van der Waals surface area contributed by atoms with E-state index in [0.717, 1.165) is 13.0 Å². The summed E-state index contributed by atoms with van der Waals surface area (Å²) < 4.78 is 0. The predicted molar refractivity (Wildman–Crippen MR) is 59.9 cm³/mol. The summed E-state index contributed by atoms with van der Waals surface area (Å²) in [6.07, 6.45) is 1.09. The maximum absolute atomic E-state index is 11.4. The first kappa shape index (κ1) is 9.36. The van der Waals surface area contributed by atoms with Crippen LogP contribution in [0.5, 0.6) is 0 Å². The van der Waals surface area contributed by atoms with Gasteiger partial charge in [-0.3, -0.25) is 9.69 Å². The van der Waals surface area contributed by atoms with Crippen LogP contribution in [-0.4, -0.2) is 29.9 Å². The van der Waals surface area contributed by atoms with Crippen molar-refractivity contribution in [3.05, 3.63) is 21.9 Å². The molecule has 0 aliphatic carbocycles. The normalized spacial score (nSPS) is 30.6. The fourth-order valence-corrected chi connectivity index (χ4v) is 3.86. The lowest BCUT2D eigenvalue weighted by atomic mass is 9.94. The van der Waals surface area contributed by atoms with E-state index in [9.17, 15) is 4.79 Å². The molecule has 1 saturated heterocycles. The average molecular weight is 222 g/mol. The van der Waals surface area contributed by atoms with Crippen LogP contribution in [0.4, 0.5) is 0 Å². The van der Waals surface area contributed by atoms with E-state index in [2.05, 4.69) is 28.6 Å². The van der Waals surface area contributed by atoms with Crippen LogP contribution in [0.15, 0.2) is 11.4 Å². The van der Waals surface area contributed by atoms with Crippen molar-refractivity contribution in [2.24, 2.45) is 0 Å². The second-order valence-electron chi connectivity index (χ2n) is 4.33. The van der Waals surface area contributed by atoms with Crippen molar-refractivity contribution in [1.82, 2.24) is 10.2 Å². The Morgan fingerprint density at radius 3 is 3.33 bits per heavy atom. The number of piperazine rings is 1. The Kier molecular flexibility index (Phi) is 2.07. The minimum absolute atomic E-state index is 0.166. The van der Waals surface area contributed by atoms with E-state index in [-0.39, 0.29) is 11.9 Å². The number of thiophene rings is 1. The third-order valence-electron chi connectivity index (χ3n) is 3.32. The third kappa shape index (κ3) is 1.40. The molecule has 0 saturated carbocycles. The zero-order valence-electron chi connectivity index (χ0n) is 8.69. The second-order valence-corrected chi connectivity index (χ2v) is 5.28. The molecule has 0 radical (unpaired) electrons. The minimum Gasteiger partial charge on any atom is -0.351 e. The van der Waals surface area contributed by atoms with Gasteiger partial charge in [-0.05, 0) is 30.4 Å². The molecule has 3 nitrogen and oxygen atoms in total. The number of nitrogens with one attached hydrogen (secondary N) is 1. The lowest BCUT2D eigenvalue weighted by molar-refractivity contribution is -0.127. The molecule has 1 N–H and O–H groups in total. The zero-order valence-corrected chi connectivity index (χ0v) is 9.51. The number of carbonyl (C=O) groups excluding carboxylic acids is 1. The molecular weight excluding hydrogens is 208 g/mol. The number of hydrogen-bond donors (Lipinski definition) is 1. The monoisotopic (exact) mass is 222 g/mol. The van der Waals surface area contributed by atoms with E-state index in [1.165, 1.54) is 10.4 Å². The summed E-state index contributed by atoms with van der Waals surface area (Å²) >= 11 is 1.82. The van der Waals surface area contributed by atoms with Gasteiger partial charge in [0.25, 0.3) is 0 Å². The van der Waals surface area contributed by atoms with Crippen molar-refractivity contribution < 1.29 is 4.79 Å². The number of hydrogen-bond acceptors (Lipinski definition) is 3. The maximum atomic E-state index is 11.4. The van der Waals surface area contributed by atoms with Gasteiger partial charge in [-0.15, -0.1) is 11.3 Å². The molecule has 15 heavy (non-hydrogen) atoms. The summed E-state index contributed by atoms with van der Waals surface area (Å²) in [5.41, 5.74) is 1.48. The average Bonchev–Trinajstić information content (AvgIpc) is 2.63. The Balaban J connectivity index is 1.99. The van der Waals surface area contributed by atoms with E-state index in [1.54, 1.807) is 0 Å². The van der Waals surface area contributed by atoms with Gasteiger partial charge in [0.2, 0.25) is 5.91 Å². The molecule has 80 valence electrons. The van der Waals surface area contributed by atoms with Crippen LogP contribution in [-0.2, 0) is 11.2 Å². The minimum atomic E-state index is 0.166. The van der Waals surface area contributed by atoms with Gasteiger partial charge >= 0.3 is 0 Å². The number of rotatable bonds is 0. The summed E-state index contributed by atoms with van der Waals surface area (Å²) in [6, 6.07) is 2.87. The molecule has 3 heterocycles. The summed E-state index contributed by atoms with van der Waals surface area (Å²) in [6.45, 7) is 3.68. The van der Waals surface area contributed by atoms with Crippen LogP contribution in [0.1, 0.15) is 23.4 Å². The first-order valence-corrected chi connectivity index (χ1v) is 6.23. The van der Waals surface area contributed by atoms with E-state index < -0.39 is 0 Å². The molecule has 0 aromatic carbocycles. The summed E-state index contributed by atoms with van der Waals surface area (Å²) in [5.74, 6) is 0.166. The van der Waals surface area contributed by atoms with Crippen molar-refractivity contribution in [3.63, 3.8) is 0 Å². The molecule has 1 fully saturated rings. The van der Waals surface area contributed by atoms with Crippen LogP contribution >= 0.6 is 11.3 Å². The van der Waals surface area contributed by atoms with Crippen molar-refractivity contribution >= 4 is 17.2 Å². The molecule has 0 bridgehead atoms. The van der Waals surface area contributed by atoms with Gasteiger partial charge in [0.1, 0.15) is 0 Å². The molecule has 2 aliphatic rings. The first-order chi connectivity index (χ1) is 7.25. The number of fused-ring (bicyclic) bond motifs is 3. The Morgan fingerprint density at radius 2 is 2.47 bits per heavy atom. The zero-order chi connectivity index (χ0) is 10.4. The lowest BCUT2D eigenvalue weighted by Gasteiger charge is -2.42. The summed E-state index contributed by atoms with van der Waals surface area (Å²) in [4.78, 5) is 15.2. The molecule has 1 aromatic rings. The van der Waals surface area contributed by atoms with E-state index in [1.807, 2.05) is 11.3 Å². The highest BCUT2D eigenvalue weighted by Gasteiger charge is 2.37. The molecule has 1 amide bonds. The summed E-state index contributed by atoms with van der Waals surface area (Å²) in [5, 5.41) is 5.20. The SMILES string of the molecule is CC1NC(=O)CN2CCc3ccsc3C12. The van der Waals surface area contributed by atoms with Crippen LogP contribution in [0.3, 0.4) is 0 Å². The van der Waals surface area contributed by atoms with Crippen molar-refractivity contribution in [2.75, 3.05) is 13.1 Å². The Morgan fingerprint density at radius 1 is 1.60 bits per heavy atom. The van der Waals surface area contributed by atoms with Crippen molar-refractivity contribution in [3.8, 4) is 0 Å². The van der Waals surface area contributed by atoms with Gasteiger partial charge in [0.15, 0.2) is 0 Å².